The maximum absolute atomic E-state index is 13.4. The molecule has 1 rings (SSSR count). The Hall–Kier alpha value is -1.62. The molecule has 0 aliphatic carbocycles. The lowest BCUT2D eigenvalue weighted by molar-refractivity contribution is 0.314. The van der Waals surface area contributed by atoms with Gasteiger partial charge in [-0.1, -0.05) is 17.3 Å². The van der Waals surface area contributed by atoms with Crippen LogP contribution in [0.5, 0.6) is 0 Å². The van der Waals surface area contributed by atoms with Gasteiger partial charge in [-0.15, -0.1) is 0 Å². The fraction of sp³-hybridized carbons (Fsp3) is 0.417. The molecule has 2 unspecified atom stereocenters. The maximum atomic E-state index is 13.4. The molecule has 0 radical (unpaired) electrons. The summed E-state index contributed by atoms with van der Waals surface area (Å²) in [5.74, 6) is -0.128. The molecule has 5 heteroatoms. The molecule has 1 aromatic rings. The second-order valence-electron chi connectivity index (χ2n) is 4.14. The summed E-state index contributed by atoms with van der Waals surface area (Å²) in [5, 5.41) is 14.6. The van der Waals surface area contributed by atoms with Gasteiger partial charge in [-0.25, -0.2) is 4.39 Å². The number of oxime groups is 1. The Balaban J connectivity index is 2.76. The Bertz CT molecular complexity index is 420. The van der Waals surface area contributed by atoms with E-state index in [1.165, 1.54) is 6.07 Å². The smallest absolute Gasteiger partial charge is 0.156 e. The minimum absolute atomic E-state index is 0.0830. The first kappa shape index (κ1) is 13.4. The van der Waals surface area contributed by atoms with E-state index >= 15 is 0 Å². The fourth-order valence-corrected chi connectivity index (χ4v) is 1.52. The lowest BCUT2D eigenvalue weighted by Crippen LogP contribution is -2.40. The van der Waals surface area contributed by atoms with Crippen LogP contribution in [0.25, 0.3) is 0 Å². The molecular formula is C12H18FN3O. The summed E-state index contributed by atoms with van der Waals surface area (Å²) in [4.78, 5) is 0. The van der Waals surface area contributed by atoms with Gasteiger partial charge in [0.25, 0.3) is 0 Å². The molecule has 1 aromatic carbocycles. The van der Waals surface area contributed by atoms with Crippen LogP contribution in [-0.4, -0.2) is 17.1 Å². The Morgan fingerprint density at radius 3 is 2.65 bits per heavy atom. The molecule has 0 spiro atoms. The first-order chi connectivity index (χ1) is 7.95. The van der Waals surface area contributed by atoms with Crippen LogP contribution >= 0.6 is 0 Å². The highest BCUT2D eigenvalue weighted by molar-refractivity contribution is 5.84. The molecule has 0 heterocycles. The molecule has 0 saturated carbocycles. The third-order valence-corrected chi connectivity index (χ3v) is 2.76. The third-order valence-electron chi connectivity index (χ3n) is 2.76. The van der Waals surface area contributed by atoms with Crippen LogP contribution in [-0.2, 0) is 0 Å². The molecule has 17 heavy (non-hydrogen) atoms. The van der Waals surface area contributed by atoms with Crippen LogP contribution in [0.1, 0.15) is 31.0 Å². The van der Waals surface area contributed by atoms with Crippen molar-refractivity contribution in [2.75, 3.05) is 0 Å². The summed E-state index contributed by atoms with van der Waals surface area (Å²) < 4.78 is 13.4. The zero-order valence-electron chi connectivity index (χ0n) is 10.2. The van der Waals surface area contributed by atoms with Gasteiger partial charge in [0.15, 0.2) is 5.84 Å². The summed E-state index contributed by atoms with van der Waals surface area (Å²) in [6.45, 7) is 5.39. The van der Waals surface area contributed by atoms with Crippen LogP contribution in [0, 0.1) is 12.7 Å². The van der Waals surface area contributed by atoms with Crippen molar-refractivity contribution < 1.29 is 9.60 Å². The van der Waals surface area contributed by atoms with E-state index in [2.05, 4.69) is 10.5 Å². The molecule has 0 bridgehead atoms. The van der Waals surface area contributed by atoms with E-state index in [0.717, 1.165) is 5.56 Å². The summed E-state index contributed by atoms with van der Waals surface area (Å²) in [6.07, 6.45) is 0. The Morgan fingerprint density at radius 2 is 2.12 bits per heavy atom. The summed E-state index contributed by atoms with van der Waals surface area (Å²) >= 11 is 0. The number of nitrogens with zero attached hydrogens (tertiary/aromatic N) is 1. The minimum atomic E-state index is -0.278. The average Bonchev–Trinajstić information content (AvgIpc) is 2.31. The molecule has 0 saturated heterocycles. The monoisotopic (exact) mass is 239 g/mol. The molecular weight excluding hydrogens is 221 g/mol. The Labute approximate surface area is 100 Å². The highest BCUT2D eigenvalue weighted by Gasteiger charge is 2.13. The predicted molar refractivity (Wildman–Crippen MR) is 65.6 cm³/mol. The van der Waals surface area contributed by atoms with E-state index in [1.807, 2.05) is 13.0 Å². The third kappa shape index (κ3) is 3.42. The van der Waals surface area contributed by atoms with Crippen molar-refractivity contribution in [3.63, 3.8) is 0 Å². The standard InChI is InChI=1S/C12H18FN3O/c1-7-4-5-10(6-11(7)13)8(2)15-9(3)12(14)16-17/h4-6,8-9,15,17H,1-3H3,(H2,14,16). The predicted octanol–water partition coefficient (Wildman–Crippen LogP) is 1.92. The molecule has 4 nitrogen and oxygen atoms in total. The molecule has 0 aromatic heterocycles. The number of hydrogen-bond donors (Lipinski definition) is 3. The fourth-order valence-electron chi connectivity index (χ4n) is 1.52. The van der Waals surface area contributed by atoms with Crippen LogP contribution in [0.15, 0.2) is 23.4 Å². The van der Waals surface area contributed by atoms with Gasteiger partial charge in [0, 0.05) is 6.04 Å². The van der Waals surface area contributed by atoms with Gasteiger partial charge in [-0.3, -0.25) is 0 Å². The van der Waals surface area contributed by atoms with E-state index < -0.39 is 0 Å². The first-order valence-corrected chi connectivity index (χ1v) is 5.45. The van der Waals surface area contributed by atoms with Gasteiger partial charge in [0.2, 0.25) is 0 Å². The van der Waals surface area contributed by atoms with E-state index in [-0.39, 0.29) is 23.7 Å². The average molecular weight is 239 g/mol. The second-order valence-corrected chi connectivity index (χ2v) is 4.14. The largest absolute Gasteiger partial charge is 0.409 e. The van der Waals surface area contributed by atoms with Crippen molar-refractivity contribution in [3.05, 3.63) is 35.1 Å². The Kier molecular flexibility index (Phi) is 4.45. The van der Waals surface area contributed by atoms with Gasteiger partial charge in [0.05, 0.1) is 6.04 Å². The van der Waals surface area contributed by atoms with Gasteiger partial charge in [-0.05, 0) is 38.0 Å². The van der Waals surface area contributed by atoms with Gasteiger partial charge in [-0.2, -0.15) is 0 Å². The first-order valence-electron chi connectivity index (χ1n) is 5.45. The van der Waals surface area contributed by atoms with Gasteiger partial charge < -0.3 is 16.3 Å². The lowest BCUT2D eigenvalue weighted by Gasteiger charge is -2.19. The number of benzene rings is 1. The highest BCUT2D eigenvalue weighted by atomic mass is 19.1. The van der Waals surface area contributed by atoms with Crippen molar-refractivity contribution in [3.8, 4) is 0 Å². The Morgan fingerprint density at radius 1 is 1.47 bits per heavy atom. The molecule has 4 N–H and O–H groups in total. The van der Waals surface area contributed by atoms with Gasteiger partial charge >= 0.3 is 0 Å². The maximum Gasteiger partial charge on any atom is 0.156 e. The second kappa shape index (κ2) is 5.63. The van der Waals surface area contributed by atoms with Crippen LogP contribution in [0.4, 0.5) is 4.39 Å². The van der Waals surface area contributed by atoms with Crippen molar-refractivity contribution >= 4 is 5.84 Å². The van der Waals surface area contributed by atoms with Crippen molar-refractivity contribution in [1.82, 2.24) is 5.32 Å². The number of rotatable bonds is 4. The molecule has 94 valence electrons. The zero-order chi connectivity index (χ0) is 13.0. The van der Waals surface area contributed by atoms with Crippen molar-refractivity contribution in [2.45, 2.75) is 32.9 Å². The van der Waals surface area contributed by atoms with Crippen LogP contribution in [0.3, 0.4) is 0 Å². The summed E-state index contributed by atoms with van der Waals surface area (Å²) in [5.41, 5.74) is 6.90. The van der Waals surface area contributed by atoms with Crippen molar-refractivity contribution in [1.29, 1.82) is 0 Å². The van der Waals surface area contributed by atoms with Crippen molar-refractivity contribution in [2.24, 2.45) is 10.9 Å². The van der Waals surface area contributed by atoms with Crippen LogP contribution < -0.4 is 11.1 Å². The number of hydrogen-bond acceptors (Lipinski definition) is 3. The molecule has 2 atom stereocenters. The molecule has 0 amide bonds. The van der Waals surface area contributed by atoms with E-state index in [4.69, 9.17) is 10.9 Å². The van der Waals surface area contributed by atoms with Crippen LogP contribution in [0.2, 0.25) is 0 Å². The molecule has 0 aliphatic rings. The van der Waals surface area contributed by atoms with E-state index in [9.17, 15) is 4.39 Å². The number of amidine groups is 1. The number of nitrogens with two attached hydrogens (primary N) is 1. The van der Waals surface area contributed by atoms with E-state index in [1.54, 1.807) is 19.9 Å². The normalized spacial score (nSPS) is 15.6. The van der Waals surface area contributed by atoms with Gasteiger partial charge in [0.1, 0.15) is 5.82 Å². The quantitative estimate of drug-likeness (QED) is 0.325. The lowest BCUT2D eigenvalue weighted by atomic mass is 10.1. The zero-order valence-corrected chi connectivity index (χ0v) is 10.2. The van der Waals surface area contributed by atoms with E-state index in [0.29, 0.717) is 5.56 Å². The number of aryl methyl sites for hydroxylation is 1. The summed E-state index contributed by atoms with van der Waals surface area (Å²) in [7, 11) is 0. The summed E-state index contributed by atoms with van der Waals surface area (Å²) in [6, 6.07) is 4.72. The molecule has 0 aliphatic heterocycles. The number of nitrogens with one attached hydrogen (secondary N) is 1. The molecule has 0 fully saturated rings. The number of halogens is 1. The SMILES string of the molecule is Cc1ccc(C(C)NC(C)C(N)=NO)cc1F. The minimum Gasteiger partial charge on any atom is -0.409 e. The topological polar surface area (TPSA) is 70.6 Å². The highest BCUT2D eigenvalue weighted by Crippen LogP contribution is 2.16.